The Bertz CT molecular complexity index is 191. The third kappa shape index (κ3) is 2.52. The molecule has 1 heterocycles. The maximum absolute atomic E-state index is 10.9. The Morgan fingerprint density at radius 2 is 2.33 bits per heavy atom. The first kappa shape index (κ1) is 9.58. The maximum atomic E-state index is 10.9. The van der Waals surface area contributed by atoms with Crippen molar-refractivity contribution in [2.45, 2.75) is 19.3 Å². The van der Waals surface area contributed by atoms with Crippen LogP contribution in [0, 0.1) is 5.92 Å². The molecule has 0 aromatic heterocycles. The van der Waals surface area contributed by atoms with Crippen molar-refractivity contribution in [1.82, 2.24) is 0 Å². The first-order valence-corrected chi connectivity index (χ1v) is 5.37. The molecule has 0 radical (unpaired) electrons. The van der Waals surface area contributed by atoms with Crippen LogP contribution in [-0.2, 0) is 14.3 Å². The van der Waals surface area contributed by atoms with Gasteiger partial charge in [0.25, 0.3) is 0 Å². The Kier molecular flexibility index (Phi) is 3.59. The van der Waals surface area contributed by atoms with Gasteiger partial charge in [-0.25, -0.2) is 0 Å². The summed E-state index contributed by atoms with van der Waals surface area (Å²) >= 11 is 1.75. The van der Waals surface area contributed by atoms with Gasteiger partial charge in [0.05, 0.1) is 12.3 Å². The van der Waals surface area contributed by atoms with Crippen molar-refractivity contribution in [2.75, 3.05) is 12.0 Å². The minimum Gasteiger partial charge on any atom is -0.393 e. The number of carbonyl (C=O) groups is 2. The molecular weight excluding hydrogens is 176 g/mol. The summed E-state index contributed by atoms with van der Waals surface area (Å²) in [5.41, 5.74) is 0. The molecule has 0 aliphatic carbocycles. The minimum absolute atomic E-state index is 0.162. The zero-order valence-corrected chi connectivity index (χ0v) is 7.86. The molecule has 4 heteroatoms. The molecular formula is C8H12O3S. The second-order valence-corrected chi connectivity index (χ2v) is 3.81. The van der Waals surface area contributed by atoms with E-state index in [1.54, 1.807) is 11.8 Å². The summed E-state index contributed by atoms with van der Waals surface area (Å²) in [6.07, 6.45) is 4.07. The van der Waals surface area contributed by atoms with Gasteiger partial charge in [-0.2, -0.15) is 11.8 Å². The highest BCUT2D eigenvalue weighted by molar-refractivity contribution is 7.98. The Morgan fingerprint density at radius 1 is 1.58 bits per heavy atom. The average Bonchev–Trinajstić information content (AvgIpc) is 2.31. The van der Waals surface area contributed by atoms with E-state index in [9.17, 15) is 9.59 Å². The number of hydrogen-bond acceptors (Lipinski definition) is 4. The fraction of sp³-hybridized carbons (Fsp3) is 0.750. The SMILES string of the molecule is CSCCCC1CC(=O)OC1=O. The molecule has 1 fully saturated rings. The van der Waals surface area contributed by atoms with E-state index in [0.29, 0.717) is 0 Å². The molecule has 68 valence electrons. The third-order valence-electron chi connectivity index (χ3n) is 1.86. The lowest BCUT2D eigenvalue weighted by molar-refractivity contribution is -0.153. The third-order valence-corrected chi connectivity index (χ3v) is 2.56. The number of rotatable bonds is 4. The molecule has 0 spiro atoms. The number of ether oxygens (including phenoxy) is 1. The number of esters is 2. The van der Waals surface area contributed by atoms with E-state index in [1.165, 1.54) is 0 Å². The summed E-state index contributed by atoms with van der Waals surface area (Å²) in [7, 11) is 0. The summed E-state index contributed by atoms with van der Waals surface area (Å²) in [4.78, 5) is 21.6. The molecule has 0 aromatic rings. The Morgan fingerprint density at radius 3 is 2.83 bits per heavy atom. The molecule has 1 unspecified atom stereocenters. The molecule has 0 amide bonds. The van der Waals surface area contributed by atoms with Gasteiger partial charge < -0.3 is 4.74 Å². The van der Waals surface area contributed by atoms with Gasteiger partial charge in [-0.3, -0.25) is 9.59 Å². The highest BCUT2D eigenvalue weighted by Crippen LogP contribution is 2.21. The Labute approximate surface area is 75.8 Å². The van der Waals surface area contributed by atoms with Gasteiger partial charge in [0.15, 0.2) is 0 Å². The Balaban J connectivity index is 2.24. The zero-order valence-electron chi connectivity index (χ0n) is 7.04. The lowest BCUT2D eigenvalue weighted by Crippen LogP contribution is -2.07. The number of thioether (sulfide) groups is 1. The quantitative estimate of drug-likeness (QED) is 0.378. The topological polar surface area (TPSA) is 43.4 Å². The normalized spacial score (nSPS) is 22.9. The summed E-state index contributed by atoms with van der Waals surface area (Å²) in [5.74, 6) is 0.178. The molecule has 0 bridgehead atoms. The molecule has 1 rings (SSSR count). The van der Waals surface area contributed by atoms with Crippen LogP contribution in [0.15, 0.2) is 0 Å². The molecule has 0 aromatic carbocycles. The smallest absolute Gasteiger partial charge is 0.317 e. The van der Waals surface area contributed by atoms with E-state index in [4.69, 9.17) is 0 Å². The monoisotopic (exact) mass is 188 g/mol. The van der Waals surface area contributed by atoms with Gasteiger partial charge in [0.1, 0.15) is 0 Å². The first-order valence-electron chi connectivity index (χ1n) is 3.97. The van der Waals surface area contributed by atoms with Gasteiger partial charge in [0.2, 0.25) is 0 Å². The van der Waals surface area contributed by atoms with Crippen LogP contribution in [0.3, 0.4) is 0 Å². The van der Waals surface area contributed by atoms with Crippen LogP contribution in [0.5, 0.6) is 0 Å². The largest absolute Gasteiger partial charge is 0.393 e. The van der Waals surface area contributed by atoms with E-state index in [-0.39, 0.29) is 24.3 Å². The van der Waals surface area contributed by atoms with Crippen molar-refractivity contribution in [3.63, 3.8) is 0 Å². The highest BCUT2D eigenvalue weighted by Gasteiger charge is 2.32. The Hall–Kier alpha value is -0.510. The molecule has 1 aliphatic rings. The van der Waals surface area contributed by atoms with Gasteiger partial charge in [-0.15, -0.1) is 0 Å². The second-order valence-electron chi connectivity index (χ2n) is 2.83. The second kappa shape index (κ2) is 4.50. The van der Waals surface area contributed by atoms with Crippen molar-refractivity contribution in [2.24, 2.45) is 5.92 Å². The number of carbonyl (C=O) groups excluding carboxylic acids is 2. The summed E-state index contributed by atoms with van der Waals surface area (Å²) < 4.78 is 4.42. The fourth-order valence-electron chi connectivity index (χ4n) is 1.22. The zero-order chi connectivity index (χ0) is 8.97. The summed E-state index contributed by atoms with van der Waals surface area (Å²) in [6.45, 7) is 0. The van der Waals surface area contributed by atoms with Gasteiger partial charge in [0, 0.05) is 0 Å². The predicted octanol–water partition coefficient (Wildman–Crippen LogP) is 1.22. The fourth-order valence-corrected chi connectivity index (χ4v) is 1.67. The molecule has 1 aliphatic heterocycles. The van der Waals surface area contributed by atoms with Crippen molar-refractivity contribution in [1.29, 1.82) is 0 Å². The van der Waals surface area contributed by atoms with Gasteiger partial charge >= 0.3 is 11.9 Å². The van der Waals surface area contributed by atoms with Crippen LogP contribution in [0.4, 0.5) is 0 Å². The van der Waals surface area contributed by atoms with E-state index in [2.05, 4.69) is 4.74 Å². The summed E-state index contributed by atoms with van der Waals surface area (Å²) in [6, 6.07) is 0. The lowest BCUT2D eigenvalue weighted by atomic mass is 10.0. The van der Waals surface area contributed by atoms with Crippen molar-refractivity contribution in [3.8, 4) is 0 Å². The summed E-state index contributed by atoms with van der Waals surface area (Å²) in [5, 5.41) is 0. The molecule has 12 heavy (non-hydrogen) atoms. The van der Waals surface area contributed by atoms with Crippen LogP contribution in [0.25, 0.3) is 0 Å². The maximum Gasteiger partial charge on any atom is 0.317 e. The predicted molar refractivity (Wildman–Crippen MR) is 46.8 cm³/mol. The molecule has 1 saturated heterocycles. The van der Waals surface area contributed by atoms with Crippen LogP contribution in [-0.4, -0.2) is 23.9 Å². The van der Waals surface area contributed by atoms with Crippen LogP contribution >= 0.6 is 11.8 Å². The number of cyclic esters (lactones) is 2. The molecule has 0 saturated carbocycles. The highest BCUT2D eigenvalue weighted by atomic mass is 32.2. The van der Waals surface area contributed by atoms with Crippen LogP contribution < -0.4 is 0 Å². The van der Waals surface area contributed by atoms with E-state index in [1.807, 2.05) is 6.26 Å². The molecule has 1 atom stereocenters. The van der Waals surface area contributed by atoms with E-state index in [0.717, 1.165) is 18.6 Å². The van der Waals surface area contributed by atoms with Crippen molar-refractivity contribution < 1.29 is 14.3 Å². The standard InChI is InChI=1S/C8H12O3S/c1-12-4-2-3-6-5-7(9)11-8(6)10/h6H,2-5H2,1H3. The van der Waals surface area contributed by atoms with E-state index >= 15 is 0 Å². The first-order chi connectivity index (χ1) is 5.74. The van der Waals surface area contributed by atoms with E-state index < -0.39 is 0 Å². The van der Waals surface area contributed by atoms with Crippen molar-refractivity contribution >= 4 is 23.7 Å². The van der Waals surface area contributed by atoms with Crippen LogP contribution in [0.2, 0.25) is 0 Å². The molecule has 3 nitrogen and oxygen atoms in total. The van der Waals surface area contributed by atoms with Gasteiger partial charge in [-0.05, 0) is 24.9 Å². The van der Waals surface area contributed by atoms with Gasteiger partial charge in [-0.1, -0.05) is 0 Å². The lowest BCUT2D eigenvalue weighted by Gasteiger charge is -2.01. The van der Waals surface area contributed by atoms with Crippen LogP contribution in [0.1, 0.15) is 19.3 Å². The molecule has 0 N–H and O–H groups in total. The minimum atomic E-state index is -0.367. The average molecular weight is 188 g/mol. The van der Waals surface area contributed by atoms with Crippen molar-refractivity contribution in [3.05, 3.63) is 0 Å². The number of hydrogen-bond donors (Lipinski definition) is 0.